The summed E-state index contributed by atoms with van der Waals surface area (Å²) in [7, 11) is 1.65. The monoisotopic (exact) mass is 362 g/mol. The van der Waals surface area contributed by atoms with Crippen LogP contribution in [0.4, 0.5) is 5.69 Å². The van der Waals surface area contributed by atoms with E-state index in [9.17, 15) is 4.79 Å². The van der Waals surface area contributed by atoms with Gasteiger partial charge in [0.2, 0.25) is 0 Å². The van der Waals surface area contributed by atoms with E-state index in [4.69, 9.17) is 9.94 Å². The van der Waals surface area contributed by atoms with Crippen LogP contribution in [0.2, 0.25) is 0 Å². The molecule has 1 amide bonds. The van der Waals surface area contributed by atoms with Crippen molar-refractivity contribution in [1.29, 1.82) is 0 Å². The van der Waals surface area contributed by atoms with Crippen LogP contribution in [0.15, 0.2) is 78.9 Å². The average molecular weight is 362 g/mol. The summed E-state index contributed by atoms with van der Waals surface area (Å²) in [5.74, 6) is -0.202. The molecule has 138 valence electrons. The zero-order valence-electron chi connectivity index (χ0n) is 15.1. The molecule has 5 heteroatoms. The number of methoxy groups -OCH3 is 1. The van der Waals surface area contributed by atoms with Crippen LogP contribution in [0, 0.1) is 0 Å². The van der Waals surface area contributed by atoms with E-state index >= 15 is 0 Å². The quantitative estimate of drug-likeness (QED) is 0.440. The van der Waals surface area contributed by atoms with Crippen LogP contribution in [0.3, 0.4) is 0 Å². The highest BCUT2D eigenvalue weighted by Gasteiger charge is 2.22. The number of amides is 1. The lowest BCUT2D eigenvalue weighted by atomic mass is 9.90. The molecule has 0 spiro atoms. The first-order chi connectivity index (χ1) is 13.2. The van der Waals surface area contributed by atoms with Gasteiger partial charge in [0.05, 0.1) is 13.0 Å². The molecule has 0 saturated heterocycles. The van der Waals surface area contributed by atoms with Crippen LogP contribution < -0.4 is 15.5 Å². The summed E-state index contributed by atoms with van der Waals surface area (Å²) in [6.45, 7) is 0.662. The normalized spacial score (nSPS) is 11.5. The van der Waals surface area contributed by atoms with Crippen molar-refractivity contribution >= 4 is 11.6 Å². The molecule has 0 aliphatic carbocycles. The van der Waals surface area contributed by atoms with E-state index < -0.39 is 11.8 Å². The topological polar surface area (TPSA) is 70.6 Å². The zero-order chi connectivity index (χ0) is 19.1. The van der Waals surface area contributed by atoms with Gasteiger partial charge in [0.1, 0.15) is 5.75 Å². The fraction of sp³-hybridized carbons (Fsp3) is 0.136. The van der Waals surface area contributed by atoms with Crippen molar-refractivity contribution in [3.05, 3.63) is 95.6 Å². The number of hydrogen-bond donors (Lipinski definition) is 3. The average Bonchev–Trinajstić information content (AvgIpc) is 2.74. The Kier molecular flexibility index (Phi) is 6.07. The second-order valence-corrected chi connectivity index (χ2v) is 6.15. The van der Waals surface area contributed by atoms with Crippen molar-refractivity contribution < 1.29 is 14.7 Å². The summed E-state index contributed by atoms with van der Waals surface area (Å²) >= 11 is 0. The van der Waals surface area contributed by atoms with Gasteiger partial charge >= 0.3 is 0 Å². The first-order valence-electron chi connectivity index (χ1n) is 8.67. The minimum atomic E-state index is -0.566. The molecular formula is C22H22N2O3. The van der Waals surface area contributed by atoms with Crippen LogP contribution in [-0.4, -0.2) is 18.2 Å². The number of benzene rings is 3. The summed E-state index contributed by atoms with van der Waals surface area (Å²) in [6.07, 6.45) is 0. The summed E-state index contributed by atoms with van der Waals surface area (Å²) in [5.41, 5.74) is 5.45. The Morgan fingerprint density at radius 1 is 0.963 bits per heavy atom. The first-order valence-corrected chi connectivity index (χ1v) is 8.67. The van der Waals surface area contributed by atoms with Crippen molar-refractivity contribution in [2.24, 2.45) is 0 Å². The van der Waals surface area contributed by atoms with Crippen molar-refractivity contribution in [3.8, 4) is 5.75 Å². The molecule has 27 heavy (non-hydrogen) atoms. The molecule has 0 saturated carbocycles. The van der Waals surface area contributed by atoms with Crippen LogP contribution in [0.25, 0.3) is 0 Å². The number of ether oxygens (including phenoxy) is 1. The van der Waals surface area contributed by atoms with Gasteiger partial charge < -0.3 is 10.1 Å². The predicted octanol–water partition coefficient (Wildman–Crippen LogP) is 3.94. The van der Waals surface area contributed by atoms with Crippen molar-refractivity contribution in [2.45, 2.75) is 12.5 Å². The molecule has 3 rings (SSSR count). The molecule has 0 aromatic heterocycles. The van der Waals surface area contributed by atoms with Crippen LogP contribution in [-0.2, 0) is 11.3 Å². The highest BCUT2D eigenvalue weighted by molar-refractivity contribution is 5.86. The lowest BCUT2D eigenvalue weighted by molar-refractivity contribution is -0.129. The predicted molar refractivity (Wildman–Crippen MR) is 105 cm³/mol. The van der Waals surface area contributed by atoms with Crippen molar-refractivity contribution in [3.63, 3.8) is 0 Å². The van der Waals surface area contributed by atoms with Gasteiger partial charge in [-0.05, 0) is 41.0 Å². The molecule has 1 unspecified atom stereocenters. The Bertz CT molecular complexity index is 880. The van der Waals surface area contributed by atoms with E-state index in [1.807, 2.05) is 78.9 Å². The van der Waals surface area contributed by atoms with Crippen LogP contribution >= 0.6 is 0 Å². The Morgan fingerprint density at radius 3 is 2.33 bits per heavy atom. The highest BCUT2D eigenvalue weighted by Crippen LogP contribution is 2.26. The van der Waals surface area contributed by atoms with Gasteiger partial charge in [-0.3, -0.25) is 10.0 Å². The Hall–Kier alpha value is -3.31. The van der Waals surface area contributed by atoms with E-state index in [-0.39, 0.29) is 0 Å². The summed E-state index contributed by atoms with van der Waals surface area (Å²) in [6, 6.07) is 24.9. The number of hydroxylamine groups is 1. The lowest BCUT2D eigenvalue weighted by Crippen LogP contribution is -2.27. The lowest BCUT2D eigenvalue weighted by Gasteiger charge is -2.16. The fourth-order valence-corrected chi connectivity index (χ4v) is 2.99. The third-order valence-electron chi connectivity index (χ3n) is 4.38. The number of nitrogens with one attached hydrogen (secondary N) is 2. The third kappa shape index (κ3) is 4.65. The largest absolute Gasteiger partial charge is 0.497 e. The molecular weight excluding hydrogens is 340 g/mol. The van der Waals surface area contributed by atoms with Crippen molar-refractivity contribution in [1.82, 2.24) is 5.48 Å². The second-order valence-electron chi connectivity index (χ2n) is 6.15. The summed E-state index contributed by atoms with van der Waals surface area (Å²) in [5, 5.41) is 12.5. The number of carbonyl (C=O) groups excluding carboxylic acids is 1. The molecule has 3 aromatic carbocycles. The maximum absolute atomic E-state index is 12.2. The smallest absolute Gasteiger partial charge is 0.255 e. The van der Waals surface area contributed by atoms with Crippen molar-refractivity contribution in [2.75, 3.05) is 12.4 Å². The molecule has 0 radical (unpaired) electrons. The minimum absolute atomic E-state index is 0.460. The maximum Gasteiger partial charge on any atom is 0.255 e. The molecule has 0 aliphatic heterocycles. The van der Waals surface area contributed by atoms with Gasteiger partial charge in [-0.1, -0.05) is 54.6 Å². The van der Waals surface area contributed by atoms with E-state index in [1.165, 1.54) is 0 Å². The zero-order valence-corrected chi connectivity index (χ0v) is 15.1. The first kappa shape index (κ1) is 18.5. The number of hydrogen-bond acceptors (Lipinski definition) is 4. The molecule has 3 N–H and O–H groups in total. The van der Waals surface area contributed by atoms with Gasteiger partial charge in [-0.2, -0.15) is 0 Å². The standard InChI is InChI=1S/C22H22N2O3/c1-27-20-9-5-6-16(14-20)15-23-19-12-10-18(11-13-19)21(22(25)24-26)17-7-3-2-4-8-17/h2-14,21,23,26H,15H2,1H3,(H,24,25). The third-order valence-corrected chi connectivity index (χ3v) is 4.38. The van der Waals surface area contributed by atoms with Crippen LogP contribution in [0.1, 0.15) is 22.6 Å². The van der Waals surface area contributed by atoms with Gasteiger partial charge in [-0.25, -0.2) is 5.48 Å². The summed E-state index contributed by atoms with van der Waals surface area (Å²) in [4.78, 5) is 12.2. The molecule has 1 atom stereocenters. The van der Waals surface area contributed by atoms with Gasteiger partial charge in [-0.15, -0.1) is 0 Å². The Morgan fingerprint density at radius 2 is 1.67 bits per heavy atom. The molecule has 0 aliphatic rings. The van der Waals surface area contributed by atoms with Gasteiger partial charge in [0.15, 0.2) is 0 Å². The Labute approximate surface area is 158 Å². The molecule has 3 aromatic rings. The summed E-state index contributed by atoms with van der Waals surface area (Å²) < 4.78 is 5.24. The number of anilines is 1. The highest BCUT2D eigenvalue weighted by atomic mass is 16.5. The van der Waals surface area contributed by atoms with Gasteiger partial charge in [0, 0.05) is 12.2 Å². The molecule has 5 nitrogen and oxygen atoms in total. The van der Waals surface area contributed by atoms with E-state index in [2.05, 4.69) is 5.32 Å². The van der Waals surface area contributed by atoms with E-state index in [0.717, 1.165) is 28.1 Å². The SMILES string of the molecule is COc1cccc(CNc2ccc(C(C(=O)NO)c3ccccc3)cc2)c1. The number of carbonyl (C=O) groups is 1. The number of rotatable bonds is 7. The van der Waals surface area contributed by atoms with E-state index in [1.54, 1.807) is 12.6 Å². The minimum Gasteiger partial charge on any atom is -0.497 e. The molecule has 0 heterocycles. The molecule has 0 fully saturated rings. The van der Waals surface area contributed by atoms with Gasteiger partial charge in [0.25, 0.3) is 5.91 Å². The maximum atomic E-state index is 12.2. The Balaban J connectivity index is 1.74. The van der Waals surface area contributed by atoms with Crippen LogP contribution in [0.5, 0.6) is 5.75 Å². The van der Waals surface area contributed by atoms with E-state index in [0.29, 0.717) is 6.54 Å². The molecule has 0 bridgehead atoms. The fourth-order valence-electron chi connectivity index (χ4n) is 2.99. The second kappa shape index (κ2) is 8.87.